The van der Waals surface area contributed by atoms with Gasteiger partial charge < -0.3 is 15.5 Å². The van der Waals surface area contributed by atoms with Gasteiger partial charge in [0.25, 0.3) is 5.56 Å². The zero-order chi connectivity index (χ0) is 22.1. The van der Waals surface area contributed by atoms with Crippen molar-refractivity contribution in [1.29, 1.82) is 5.26 Å². The summed E-state index contributed by atoms with van der Waals surface area (Å²) in [6.07, 6.45) is 5.46. The van der Waals surface area contributed by atoms with E-state index < -0.39 is 0 Å². The van der Waals surface area contributed by atoms with E-state index >= 15 is 0 Å². The number of nitrogens with zero attached hydrogens (tertiary/aromatic N) is 5. The summed E-state index contributed by atoms with van der Waals surface area (Å²) in [5, 5.41) is 16.3. The molecule has 0 amide bonds. The predicted molar refractivity (Wildman–Crippen MR) is 121 cm³/mol. The number of aromatic nitrogens is 3. The minimum absolute atomic E-state index is 0.0248. The fraction of sp³-hybridized carbons (Fsp3) is 0.391. The lowest BCUT2D eigenvalue weighted by Gasteiger charge is -2.29. The molecule has 5 rings (SSSR count). The first-order valence-electron chi connectivity index (χ1n) is 11.0. The highest BCUT2D eigenvalue weighted by molar-refractivity contribution is 5.77. The summed E-state index contributed by atoms with van der Waals surface area (Å²) in [7, 11) is 0. The SMILES string of the molecule is N#Cc1cc2cnc(Nc3ccc(N4CCNCC4)c(F)c3)nc2n(C2CCCC2)c1=O. The van der Waals surface area contributed by atoms with Crippen LogP contribution in [0.3, 0.4) is 0 Å². The molecule has 2 N–H and O–H groups in total. The van der Waals surface area contributed by atoms with E-state index in [1.807, 2.05) is 11.0 Å². The van der Waals surface area contributed by atoms with Crippen LogP contribution in [0.25, 0.3) is 11.0 Å². The van der Waals surface area contributed by atoms with Gasteiger partial charge in [-0.25, -0.2) is 9.37 Å². The Bertz CT molecular complexity index is 1250. The number of fused-ring (bicyclic) bond motifs is 1. The standard InChI is InChI=1S/C23H24FN7O/c24-19-12-17(5-6-20(19)30-9-7-26-8-10-30)28-23-27-14-16-11-15(13-25)22(32)31(21(16)29-23)18-3-1-2-4-18/h5-6,11-12,14,18,26H,1-4,7-10H2,(H,27,28,29). The first-order valence-corrected chi connectivity index (χ1v) is 11.0. The highest BCUT2D eigenvalue weighted by Gasteiger charge is 2.23. The lowest BCUT2D eigenvalue weighted by molar-refractivity contribution is 0.515. The van der Waals surface area contributed by atoms with Gasteiger partial charge in [-0.2, -0.15) is 10.2 Å². The zero-order valence-corrected chi connectivity index (χ0v) is 17.6. The van der Waals surface area contributed by atoms with E-state index in [0.29, 0.717) is 22.4 Å². The van der Waals surface area contributed by atoms with Crippen LogP contribution in [0.2, 0.25) is 0 Å². The lowest BCUT2D eigenvalue weighted by Crippen LogP contribution is -2.43. The molecule has 0 unspecified atom stereocenters. The molecule has 32 heavy (non-hydrogen) atoms. The summed E-state index contributed by atoms with van der Waals surface area (Å²) in [6, 6.07) is 8.55. The van der Waals surface area contributed by atoms with Crippen LogP contribution < -0.4 is 21.1 Å². The Balaban J connectivity index is 1.48. The first-order chi connectivity index (χ1) is 15.6. The van der Waals surface area contributed by atoms with Gasteiger partial charge in [0, 0.05) is 49.5 Å². The molecule has 8 nitrogen and oxygen atoms in total. The molecule has 0 radical (unpaired) electrons. The van der Waals surface area contributed by atoms with Gasteiger partial charge in [-0.1, -0.05) is 12.8 Å². The smallest absolute Gasteiger partial charge is 0.270 e. The lowest BCUT2D eigenvalue weighted by atomic mass is 10.2. The van der Waals surface area contributed by atoms with Crippen molar-refractivity contribution in [2.24, 2.45) is 0 Å². The Labute approximate surface area is 184 Å². The van der Waals surface area contributed by atoms with Crippen LogP contribution in [-0.2, 0) is 0 Å². The summed E-state index contributed by atoms with van der Waals surface area (Å²) in [5.74, 6) is -0.0260. The monoisotopic (exact) mass is 433 g/mol. The van der Waals surface area contributed by atoms with Gasteiger partial charge in [0.1, 0.15) is 23.1 Å². The van der Waals surface area contributed by atoms with Crippen molar-refractivity contribution in [3.05, 3.63) is 52.2 Å². The average molecular weight is 433 g/mol. The van der Waals surface area contributed by atoms with Gasteiger partial charge in [-0.05, 0) is 37.1 Å². The van der Waals surface area contributed by atoms with Gasteiger partial charge in [0.05, 0.1) is 5.69 Å². The second-order valence-corrected chi connectivity index (χ2v) is 8.28. The number of hydrogen-bond donors (Lipinski definition) is 2. The molecular weight excluding hydrogens is 409 g/mol. The van der Waals surface area contributed by atoms with Crippen LogP contribution in [0, 0.1) is 17.1 Å². The van der Waals surface area contributed by atoms with Crippen molar-refractivity contribution in [2.45, 2.75) is 31.7 Å². The van der Waals surface area contributed by atoms with Crippen molar-refractivity contribution in [3.63, 3.8) is 0 Å². The molecule has 1 saturated carbocycles. The number of rotatable bonds is 4. The van der Waals surface area contributed by atoms with Crippen LogP contribution in [-0.4, -0.2) is 40.7 Å². The second-order valence-electron chi connectivity index (χ2n) is 8.28. The van der Waals surface area contributed by atoms with E-state index in [-0.39, 0.29) is 28.9 Å². The van der Waals surface area contributed by atoms with Crippen LogP contribution in [0.5, 0.6) is 0 Å². The largest absolute Gasteiger partial charge is 0.367 e. The van der Waals surface area contributed by atoms with E-state index in [1.54, 1.807) is 22.9 Å². The van der Waals surface area contributed by atoms with Crippen LogP contribution >= 0.6 is 0 Å². The number of piperazine rings is 1. The quantitative estimate of drug-likeness (QED) is 0.652. The molecular formula is C23H24FN7O. The fourth-order valence-corrected chi connectivity index (χ4v) is 4.64. The highest BCUT2D eigenvalue weighted by Crippen LogP contribution is 2.31. The number of pyridine rings is 1. The minimum Gasteiger partial charge on any atom is -0.367 e. The maximum absolute atomic E-state index is 14.8. The third kappa shape index (κ3) is 3.78. The van der Waals surface area contributed by atoms with Crippen molar-refractivity contribution >= 4 is 28.4 Å². The maximum atomic E-state index is 14.8. The number of hydrogen-bond acceptors (Lipinski definition) is 7. The molecule has 164 valence electrons. The molecule has 1 aromatic carbocycles. The molecule has 2 aromatic heterocycles. The summed E-state index contributed by atoms with van der Waals surface area (Å²) in [6.45, 7) is 3.20. The number of nitriles is 1. The third-order valence-corrected chi connectivity index (χ3v) is 6.24. The van der Waals surface area contributed by atoms with Crippen LogP contribution in [0.1, 0.15) is 37.3 Å². The Morgan fingerprint density at radius 1 is 1.19 bits per heavy atom. The van der Waals surface area contributed by atoms with Gasteiger partial charge >= 0.3 is 0 Å². The summed E-state index contributed by atoms with van der Waals surface area (Å²) >= 11 is 0. The molecule has 2 aliphatic rings. The zero-order valence-electron chi connectivity index (χ0n) is 17.6. The molecule has 2 fully saturated rings. The Morgan fingerprint density at radius 3 is 2.69 bits per heavy atom. The number of anilines is 3. The molecule has 1 aliphatic heterocycles. The molecule has 1 aliphatic carbocycles. The van der Waals surface area contributed by atoms with Gasteiger partial charge in [-0.15, -0.1) is 0 Å². The van der Waals surface area contributed by atoms with Crippen LogP contribution in [0.4, 0.5) is 21.7 Å². The normalized spacial score (nSPS) is 16.9. The molecule has 3 aromatic rings. The Morgan fingerprint density at radius 2 is 1.97 bits per heavy atom. The van der Waals surface area contributed by atoms with E-state index in [2.05, 4.69) is 20.6 Å². The molecule has 0 bridgehead atoms. The van der Waals surface area contributed by atoms with Crippen molar-refractivity contribution in [1.82, 2.24) is 19.9 Å². The highest BCUT2D eigenvalue weighted by atomic mass is 19.1. The maximum Gasteiger partial charge on any atom is 0.270 e. The van der Waals surface area contributed by atoms with Gasteiger partial charge in [-0.3, -0.25) is 9.36 Å². The molecule has 0 spiro atoms. The van der Waals surface area contributed by atoms with E-state index in [0.717, 1.165) is 51.9 Å². The number of nitrogens with one attached hydrogen (secondary N) is 2. The third-order valence-electron chi connectivity index (χ3n) is 6.24. The number of halogens is 1. The van der Waals surface area contributed by atoms with Crippen LogP contribution in [0.15, 0.2) is 35.3 Å². The van der Waals surface area contributed by atoms with E-state index in [1.165, 1.54) is 12.1 Å². The van der Waals surface area contributed by atoms with Crippen molar-refractivity contribution in [3.8, 4) is 6.07 Å². The summed E-state index contributed by atoms with van der Waals surface area (Å²) in [4.78, 5) is 23.8. The summed E-state index contributed by atoms with van der Waals surface area (Å²) in [5.41, 5.74) is 1.39. The fourth-order valence-electron chi connectivity index (χ4n) is 4.64. The Hall–Kier alpha value is -3.51. The van der Waals surface area contributed by atoms with Gasteiger partial charge in [0.2, 0.25) is 5.95 Å². The Kier molecular flexibility index (Phi) is 5.45. The first kappa shape index (κ1) is 20.4. The van der Waals surface area contributed by atoms with E-state index in [9.17, 15) is 14.4 Å². The average Bonchev–Trinajstić information content (AvgIpc) is 3.34. The molecule has 3 heterocycles. The van der Waals surface area contributed by atoms with E-state index in [4.69, 9.17) is 0 Å². The number of benzene rings is 1. The summed E-state index contributed by atoms with van der Waals surface area (Å²) < 4.78 is 16.4. The topological polar surface area (TPSA) is 98.9 Å². The minimum atomic E-state index is -0.317. The molecule has 1 saturated heterocycles. The molecule has 0 atom stereocenters. The van der Waals surface area contributed by atoms with Crippen molar-refractivity contribution < 1.29 is 4.39 Å². The van der Waals surface area contributed by atoms with Crippen molar-refractivity contribution in [2.75, 3.05) is 36.4 Å². The molecule has 9 heteroatoms. The predicted octanol–water partition coefficient (Wildman–Crippen LogP) is 3.07. The second kappa shape index (κ2) is 8.55. The van der Waals surface area contributed by atoms with Gasteiger partial charge in [0.15, 0.2) is 0 Å².